The van der Waals surface area contributed by atoms with Gasteiger partial charge in [0.15, 0.2) is 0 Å². The number of thiophene rings is 1. The molecule has 0 bridgehead atoms. The van der Waals surface area contributed by atoms with E-state index in [-0.39, 0.29) is 24.3 Å². The number of esters is 1. The number of ether oxygens (including phenoxy) is 1. The first kappa shape index (κ1) is 22.7. The van der Waals surface area contributed by atoms with E-state index in [1.54, 1.807) is 17.8 Å². The first-order valence-corrected chi connectivity index (χ1v) is 11.0. The van der Waals surface area contributed by atoms with Crippen LogP contribution in [-0.4, -0.2) is 43.2 Å². The number of amides is 1. The average Bonchev–Trinajstić information content (AvgIpc) is 3.04. The van der Waals surface area contributed by atoms with Crippen molar-refractivity contribution in [2.24, 2.45) is 0 Å². The van der Waals surface area contributed by atoms with E-state index in [0.717, 1.165) is 47.8 Å². The molecule has 1 aromatic heterocycles. The molecule has 0 spiro atoms. The Balaban J connectivity index is 0.00000280. The quantitative estimate of drug-likeness (QED) is 0.521. The van der Waals surface area contributed by atoms with Gasteiger partial charge in [-0.25, -0.2) is 4.79 Å². The molecule has 8 heteroatoms. The summed E-state index contributed by atoms with van der Waals surface area (Å²) in [5, 5.41) is 3.54. The molecular formula is C20H25ClN2O3S2. The fraction of sp³-hybridized carbons (Fsp3) is 0.400. The maximum Gasteiger partial charge on any atom is 0.341 e. The number of methoxy groups -OCH3 is 1. The number of thioether (sulfide) groups is 1. The van der Waals surface area contributed by atoms with Crippen LogP contribution in [0.2, 0.25) is 0 Å². The first-order chi connectivity index (χ1) is 13.1. The SMILES string of the molecule is CCCN1CCc2c(sc(NC(=O)c3cccc(SC)c3)c2C(=O)OC)C1.Cl. The van der Waals surface area contributed by atoms with Gasteiger partial charge in [0.2, 0.25) is 0 Å². The third-order valence-corrected chi connectivity index (χ3v) is 6.48. The molecule has 1 aliphatic heterocycles. The molecule has 2 aromatic rings. The summed E-state index contributed by atoms with van der Waals surface area (Å²) >= 11 is 3.08. The fourth-order valence-electron chi connectivity index (χ4n) is 3.31. The maximum atomic E-state index is 12.7. The minimum absolute atomic E-state index is 0. The van der Waals surface area contributed by atoms with Crippen LogP contribution in [0.25, 0.3) is 0 Å². The molecule has 0 radical (unpaired) electrons. The third kappa shape index (κ3) is 4.89. The number of fused-ring (bicyclic) bond motifs is 1. The Hall–Kier alpha value is -1.54. The van der Waals surface area contributed by atoms with E-state index in [0.29, 0.717) is 16.1 Å². The number of nitrogens with zero attached hydrogens (tertiary/aromatic N) is 1. The highest BCUT2D eigenvalue weighted by atomic mass is 35.5. The van der Waals surface area contributed by atoms with Crippen LogP contribution in [0.1, 0.15) is 44.5 Å². The van der Waals surface area contributed by atoms with E-state index >= 15 is 0 Å². The lowest BCUT2D eigenvalue weighted by Crippen LogP contribution is -2.30. The zero-order chi connectivity index (χ0) is 19.4. The lowest BCUT2D eigenvalue weighted by atomic mass is 10.0. The molecule has 28 heavy (non-hydrogen) atoms. The Labute approximate surface area is 180 Å². The van der Waals surface area contributed by atoms with Gasteiger partial charge in [-0.2, -0.15) is 0 Å². The number of anilines is 1. The summed E-state index contributed by atoms with van der Waals surface area (Å²) in [4.78, 5) is 29.7. The second-order valence-corrected chi connectivity index (χ2v) is 8.40. The van der Waals surface area contributed by atoms with Crippen molar-refractivity contribution in [2.75, 3.05) is 31.8 Å². The van der Waals surface area contributed by atoms with Crippen molar-refractivity contribution < 1.29 is 14.3 Å². The molecule has 152 valence electrons. The van der Waals surface area contributed by atoms with Gasteiger partial charge in [-0.3, -0.25) is 9.69 Å². The summed E-state index contributed by atoms with van der Waals surface area (Å²) in [6, 6.07) is 7.47. The van der Waals surface area contributed by atoms with Crippen LogP contribution in [-0.2, 0) is 17.7 Å². The summed E-state index contributed by atoms with van der Waals surface area (Å²) in [6.45, 7) is 4.94. The van der Waals surface area contributed by atoms with Gasteiger partial charge in [0.25, 0.3) is 5.91 Å². The minimum atomic E-state index is -0.385. The highest BCUT2D eigenvalue weighted by Gasteiger charge is 2.29. The van der Waals surface area contributed by atoms with E-state index < -0.39 is 0 Å². The second-order valence-electron chi connectivity index (χ2n) is 6.41. The smallest absolute Gasteiger partial charge is 0.341 e. The molecule has 5 nitrogen and oxygen atoms in total. The fourth-order valence-corrected chi connectivity index (χ4v) is 5.04. The van der Waals surface area contributed by atoms with Gasteiger partial charge >= 0.3 is 5.97 Å². The van der Waals surface area contributed by atoms with Crippen molar-refractivity contribution in [3.05, 3.63) is 45.8 Å². The van der Waals surface area contributed by atoms with Crippen LogP contribution >= 0.6 is 35.5 Å². The summed E-state index contributed by atoms with van der Waals surface area (Å²) in [5.41, 5.74) is 2.12. The highest BCUT2D eigenvalue weighted by molar-refractivity contribution is 7.98. The van der Waals surface area contributed by atoms with Gasteiger partial charge in [-0.05, 0) is 49.4 Å². The van der Waals surface area contributed by atoms with E-state index in [9.17, 15) is 9.59 Å². The number of benzene rings is 1. The molecule has 1 aromatic carbocycles. The van der Waals surface area contributed by atoms with Crippen molar-refractivity contribution in [3.8, 4) is 0 Å². The maximum absolute atomic E-state index is 12.7. The zero-order valence-electron chi connectivity index (χ0n) is 16.2. The molecule has 1 amide bonds. The third-order valence-electron chi connectivity index (χ3n) is 4.62. The number of hydrogen-bond acceptors (Lipinski definition) is 6. The van der Waals surface area contributed by atoms with E-state index in [2.05, 4.69) is 17.1 Å². The van der Waals surface area contributed by atoms with Gasteiger partial charge in [-0.15, -0.1) is 35.5 Å². The number of carbonyl (C=O) groups is 2. The highest BCUT2D eigenvalue weighted by Crippen LogP contribution is 2.38. The molecule has 0 aliphatic carbocycles. The Morgan fingerprint density at radius 2 is 2.14 bits per heavy atom. The number of halogens is 1. The molecule has 1 N–H and O–H groups in total. The number of rotatable bonds is 6. The van der Waals surface area contributed by atoms with Gasteiger partial charge in [0, 0.05) is 28.4 Å². The van der Waals surface area contributed by atoms with Crippen LogP contribution < -0.4 is 5.32 Å². The predicted octanol–water partition coefficient (Wildman–Crippen LogP) is 4.70. The summed E-state index contributed by atoms with van der Waals surface area (Å²) in [6.07, 6.45) is 3.87. The van der Waals surface area contributed by atoms with Crippen LogP contribution in [0, 0.1) is 0 Å². The van der Waals surface area contributed by atoms with Crippen molar-refractivity contribution in [3.63, 3.8) is 0 Å². The Morgan fingerprint density at radius 1 is 1.36 bits per heavy atom. The summed E-state index contributed by atoms with van der Waals surface area (Å²) < 4.78 is 5.00. The lowest BCUT2D eigenvalue weighted by molar-refractivity contribution is 0.0600. The largest absolute Gasteiger partial charge is 0.465 e. The molecule has 3 rings (SSSR count). The predicted molar refractivity (Wildman–Crippen MR) is 118 cm³/mol. The average molecular weight is 441 g/mol. The van der Waals surface area contributed by atoms with Gasteiger partial charge in [0.1, 0.15) is 5.00 Å². The topological polar surface area (TPSA) is 58.6 Å². The molecule has 0 atom stereocenters. The second kappa shape index (κ2) is 10.3. The minimum Gasteiger partial charge on any atom is -0.465 e. The van der Waals surface area contributed by atoms with Crippen molar-refractivity contribution in [1.82, 2.24) is 4.90 Å². The molecule has 2 heterocycles. The van der Waals surface area contributed by atoms with Crippen LogP contribution in [0.15, 0.2) is 29.2 Å². The van der Waals surface area contributed by atoms with Crippen molar-refractivity contribution in [2.45, 2.75) is 31.2 Å². The van der Waals surface area contributed by atoms with Gasteiger partial charge < -0.3 is 10.1 Å². The van der Waals surface area contributed by atoms with Crippen LogP contribution in [0.3, 0.4) is 0 Å². The van der Waals surface area contributed by atoms with Gasteiger partial charge in [0.05, 0.1) is 12.7 Å². The monoisotopic (exact) mass is 440 g/mol. The number of hydrogen-bond donors (Lipinski definition) is 1. The molecule has 0 saturated heterocycles. The molecule has 0 saturated carbocycles. The molecule has 0 fully saturated rings. The summed E-state index contributed by atoms with van der Waals surface area (Å²) in [7, 11) is 1.38. The Bertz CT molecular complexity index is 854. The number of carbonyl (C=O) groups excluding carboxylic acids is 2. The normalized spacial score (nSPS) is 13.4. The van der Waals surface area contributed by atoms with E-state index in [4.69, 9.17) is 4.74 Å². The molecule has 0 unspecified atom stereocenters. The lowest BCUT2D eigenvalue weighted by Gasteiger charge is -2.26. The van der Waals surface area contributed by atoms with Gasteiger partial charge in [-0.1, -0.05) is 13.0 Å². The first-order valence-electron chi connectivity index (χ1n) is 8.98. The van der Waals surface area contributed by atoms with Crippen molar-refractivity contribution in [1.29, 1.82) is 0 Å². The zero-order valence-corrected chi connectivity index (χ0v) is 18.7. The van der Waals surface area contributed by atoms with E-state index in [1.165, 1.54) is 18.4 Å². The standard InChI is InChI=1S/C20H24N2O3S2.ClH/c1-4-9-22-10-8-15-16(12-22)27-19(17(15)20(24)25-2)21-18(23)13-6-5-7-14(11-13)26-3;/h5-7,11H,4,8-10,12H2,1-3H3,(H,21,23);1H. The Morgan fingerprint density at radius 3 is 2.82 bits per heavy atom. The molecular weight excluding hydrogens is 416 g/mol. The summed E-state index contributed by atoms with van der Waals surface area (Å²) in [5.74, 6) is -0.593. The molecule has 1 aliphatic rings. The van der Waals surface area contributed by atoms with Crippen LogP contribution in [0.4, 0.5) is 5.00 Å². The van der Waals surface area contributed by atoms with Crippen LogP contribution in [0.5, 0.6) is 0 Å². The number of nitrogens with one attached hydrogen (secondary N) is 1. The Kier molecular flexibility index (Phi) is 8.37. The van der Waals surface area contributed by atoms with E-state index in [1.807, 2.05) is 24.5 Å². The van der Waals surface area contributed by atoms with Crippen molar-refractivity contribution >= 4 is 52.4 Å².